The van der Waals surface area contributed by atoms with Crippen LogP contribution in [0.4, 0.5) is 0 Å². The molecule has 0 saturated heterocycles. The molecule has 33 heavy (non-hydrogen) atoms. The number of Topliss-reactive ketones (excluding diaryl/α,β-unsaturated/α-hetero) is 1. The average molecular weight is 439 g/mol. The summed E-state index contributed by atoms with van der Waals surface area (Å²) in [5.74, 6) is -0.107. The van der Waals surface area contributed by atoms with Crippen molar-refractivity contribution in [2.45, 2.75) is 0 Å². The van der Waals surface area contributed by atoms with Crippen molar-refractivity contribution in [1.82, 2.24) is 15.0 Å². The van der Waals surface area contributed by atoms with Crippen molar-refractivity contribution in [2.24, 2.45) is 0 Å². The van der Waals surface area contributed by atoms with Crippen molar-refractivity contribution in [3.05, 3.63) is 102 Å². The normalized spacial score (nSPS) is 10.8. The van der Waals surface area contributed by atoms with E-state index in [1.54, 1.807) is 48.3 Å². The van der Waals surface area contributed by atoms with Gasteiger partial charge in [0, 0.05) is 17.2 Å². The van der Waals surface area contributed by atoms with Crippen LogP contribution in [0.25, 0.3) is 23.0 Å². The standard InChI is InChI=1S/C26H21N3O4/c1-32-23-14-10-20(11-15-23)24-17-27-28-29(24)22-12-8-21(9-13-22)25(30)18-33-26(31)16-7-19-5-3-2-4-6-19/h2-17H,18H2,1H3/b16-7-. The molecular weight excluding hydrogens is 418 g/mol. The zero-order chi connectivity index (χ0) is 23.0. The van der Waals surface area contributed by atoms with Crippen LogP contribution in [0.5, 0.6) is 5.75 Å². The Bertz CT molecular complexity index is 1260. The van der Waals surface area contributed by atoms with Gasteiger partial charge in [0.15, 0.2) is 12.4 Å². The van der Waals surface area contributed by atoms with Crippen LogP contribution in [0, 0.1) is 0 Å². The van der Waals surface area contributed by atoms with E-state index >= 15 is 0 Å². The van der Waals surface area contributed by atoms with Crippen LogP contribution in [0.2, 0.25) is 0 Å². The van der Waals surface area contributed by atoms with Crippen molar-refractivity contribution in [3.63, 3.8) is 0 Å². The minimum Gasteiger partial charge on any atom is -0.497 e. The lowest BCUT2D eigenvalue weighted by Crippen LogP contribution is -2.12. The fraction of sp³-hybridized carbons (Fsp3) is 0.0769. The number of hydrogen-bond donors (Lipinski definition) is 0. The number of hydrogen-bond acceptors (Lipinski definition) is 6. The number of esters is 1. The number of ketones is 1. The number of rotatable bonds is 8. The summed E-state index contributed by atoms with van der Waals surface area (Å²) >= 11 is 0. The lowest BCUT2D eigenvalue weighted by Gasteiger charge is -2.08. The molecule has 0 aliphatic carbocycles. The number of carbonyl (C=O) groups excluding carboxylic acids is 2. The van der Waals surface area contributed by atoms with Crippen LogP contribution < -0.4 is 4.74 Å². The predicted octanol–water partition coefficient (Wildman–Crippen LogP) is 4.38. The zero-order valence-corrected chi connectivity index (χ0v) is 17.9. The summed E-state index contributed by atoms with van der Waals surface area (Å²) in [6.45, 7) is -0.336. The molecule has 7 nitrogen and oxygen atoms in total. The van der Waals surface area contributed by atoms with Crippen LogP contribution in [0.15, 0.2) is 91.1 Å². The van der Waals surface area contributed by atoms with Crippen molar-refractivity contribution < 1.29 is 19.1 Å². The van der Waals surface area contributed by atoms with E-state index in [4.69, 9.17) is 9.47 Å². The number of aromatic nitrogens is 3. The van der Waals surface area contributed by atoms with Gasteiger partial charge in [-0.15, -0.1) is 5.10 Å². The van der Waals surface area contributed by atoms with Gasteiger partial charge in [0.25, 0.3) is 0 Å². The van der Waals surface area contributed by atoms with E-state index in [9.17, 15) is 9.59 Å². The minimum atomic E-state index is -0.574. The molecule has 0 amide bonds. The average Bonchev–Trinajstić information content (AvgIpc) is 3.37. The summed E-state index contributed by atoms with van der Waals surface area (Å²) in [6, 6.07) is 23.8. The SMILES string of the molecule is COc1ccc(-c2cnnn2-c2ccc(C(=O)COC(=O)/C=C\c3ccccc3)cc2)cc1. The van der Waals surface area contributed by atoms with Crippen molar-refractivity contribution in [3.8, 4) is 22.7 Å². The van der Waals surface area contributed by atoms with Gasteiger partial charge in [0.1, 0.15) is 5.75 Å². The molecule has 0 bridgehead atoms. The number of carbonyl (C=O) groups is 2. The minimum absolute atomic E-state index is 0.294. The predicted molar refractivity (Wildman–Crippen MR) is 124 cm³/mol. The fourth-order valence-electron chi connectivity index (χ4n) is 3.17. The number of methoxy groups -OCH3 is 1. The van der Waals surface area contributed by atoms with E-state index < -0.39 is 5.97 Å². The van der Waals surface area contributed by atoms with E-state index in [1.807, 2.05) is 54.6 Å². The highest BCUT2D eigenvalue weighted by Crippen LogP contribution is 2.24. The van der Waals surface area contributed by atoms with Gasteiger partial charge in [-0.3, -0.25) is 4.79 Å². The van der Waals surface area contributed by atoms with Gasteiger partial charge >= 0.3 is 5.97 Å². The molecule has 1 heterocycles. The molecule has 0 radical (unpaired) electrons. The molecule has 3 aromatic carbocycles. The molecular formula is C26H21N3O4. The van der Waals surface area contributed by atoms with E-state index in [0.29, 0.717) is 5.56 Å². The number of ether oxygens (including phenoxy) is 2. The second-order valence-corrected chi connectivity index (χ2v) is 7.08. The maximum absolute atomic E-state index is 12.4. The smallest absolute Gasteiger partial charge is 0.331 e. The monoisotopic (exact) mass is 439 g/mol. The molecule has 0 aliphatic heterocycles. The Morgan fingerprint density at radius 1 is 0.939 bits per heavy atom. The Morgan fingerprint density at radius 2 is 1.67 bits per heavy atom. The maximum atomic E-state index is 12.4. The molecule has 0 saturated carbocycles. The molecule has 4 aromatic rings. The van der Waals surface area contributed by atoms with Crippen LogP contribution in [0.1, 0.15) is 15.9 Å². The van der Waals surface area contributed by atoms with E-state index in [1.165, 1.54) is 6.08 Å². The number of benzene rings is 3. The molecule has 0 fully saturated rings. The highest BCUT2D eigenvalue weighted by molar-refractivity contribution is 5.99. The van der Waals surface area contributed by atoms with Gasteiger partial charge in [-0.1, -0.05) is 35.5 Å². The van der Waals surface area contributed by atoms with Gasteiger partial charge in [-0.2, -0.15) is 0 Å². The second kappa shape index (κ2) is 10.2. The van der Waals surface area contributed by atoms with Crippen molar-refractivity contribution in [1.29, 1.82) is 0 Å². The zero-order valence-electron chi connectivity index (χ0n) is 17.9. The van der Waals surface area contributed by atoms with Gasteiger partial charge < -0.3 is 9.47 Å². The summed E-state index contributed by atoms with van der Waals surface area (Å²) in [7, 11) is 1.62. The summed E-state index contributed by atoms with van der Waals surface area (Å²) in [6.07, 6.45) is 4.61. The van der Waals surface area contributed by atoms with Crippen molar-refractivity contribution in [2.75, 3.05) is 13.7 Å². The molecule has 0 aliphatic rings. The summed E-state index contributed by atoms with van der Waals surface area (Å²) in [5.41, 5.74) is 3.79. The topological polar surface area (TPSA) is 83.3 Å². The molecule has 0 spiro atoms. The molecule has 0 N–H and O–H groups in total. The van der Waals surface area contributed by atoms with E-state index in [2.05, 4.69) is 10.3 Å². The molecule has 164 valence electrons. The van der Waals surface area contributed by atoms with Gasteiger partial charge in [-0.25, -0.2) is 9.48 Å². The summed E-state index contributed by atoms with van der Waals surface area (Å²) < 4.78 is 12.0. The Morgan fingerprint density at radius 3 is 2.36 bits per heavy atom. The van der Waals surface area contributed by atoms with Gasteiger partial charge in [0.05, 0.1) is 24.7 Å². The largest absolute Gasteiger partial charge is 0.497 e. The van der Waals surface area contributed by atoms with E-state index in [0.717, 1.165) is 28.3 Å². The Balaban J connectivity index is 1.39. The third-order valence-corrected chi connectivity index (χ3v) is 4.93. The summed E-state index contributed by atoms with van der Waals surface area (Å²) in [4.78, 5) is 24.3. The second-order valence-electron chi connectivity index (χ2n) is 7.08. The maximum Gasteiger partial charge on any atom is 0.331 e. The van der Waals surface area contributed by atoms with Crippen LogP contribution in [-0.2, 0) is 9.53 Å². The quantitative estimate of drug-likeness (QED) is 0.230. The van der Waals surface area contributed by atoms with Crippen LogP contribution in [-0.4, -0.2) is 40.5 Å². The van der Waals surface area contributed by atoms with Crippen LogP contribution in [0.3, 0.4) is 0 Å². The third kappa shape index (κ3) is 5.40. The number of nitrogens with zero attached hydrogens (tertiary/aromatic N) is 3. The molecule has 4 rings (SSSR count). The fourth-order valence-corrected chi connectivity index (χ4v) is 3.17. The highest BCUT2D eigenvalue weighted by atomic mass is 16.5. The molecule has 0 atom stereocenters. The lowest BCUT2D eigenvalue weighted by atomic mass is 10.1. The third-order valence-electron chi connectivity index (χ3n) is 4.93. The first-order valence-electron chi connectivity index (χ1n) is 10.2. The summed E-state index contributed by atoms with van der Waals surface area (Å²) in [5, 5.41) is 8.17. The Kier molecular flexibility index (Phi) is 6.70. The highest BCUT2D eigenvalue weighted by Gasteiger charge is 2.12. The van der Waals surface area contributed by atoms with Gasteiger partial charge in [0.2, 0.25) is 0 Å². The lowest BCUT2D eigenvalue weighted by molar-refractivity contribution is -0.136. The van der Waals surface area contributed by atoms with Crippen LogP contribution >= 0.6 is 0 Å². The molecule has 1 aromatic heterocycles. The Hall–Kier alpha value is -4.52. The first-order valence-corrected chi connectivity index (χ1v) is 10.2. The molecule has 7 heteroatoms. The Labute approximate surface area is 190 Å². The van der Waals surface area contributed by atoms with E-state index in [-0.39, 0.29) is 12.4 Å². The first kappa shape index (κ1) is 21.7. The van der Waals surface area contributed by atoms with Gasteiger partial charge in [-0.05, 0) is 60.2 Å². The first-order chi connectivity index (χ1) is 16.1. The molecule has 0 unspecified atom stereocenters. The van der Waals surface area contributed by atoms with Crippen molar-refractivity contribution >= 4 is 17.8 Å².